The van der Waals surface area contributed by atoms with Gasteiger partial charge in [0.2, 0.25) is 0 Å². The molecule has 0 amide bonds. The van der Waals surface area contributed by atoms with Gasteiger partial charge in [-0.05, 0) is 11.1 Å². The van der Waals surface area contributed by atoms with Gasteiger partial charge in [0, 0.05) is 6.07 Å². The van der Waals surface area contributed by atoms with Crippen LogP contribution in [0.4, 0.5) is 5.69 Å². The average Bonchev–Trinajstić information content (AvgIpc) is 2.45. The zero-order chi connectivity index (χ0) is 14.5. The monoisotopic (exact) mass is 269 g/mol. The molecule has 5 heteroatoms. The van der Waals surface area contributed by atoms with E-state index in [2.05, 4.69) is 0 Å². The summed E-state index contributed by atoms with van der Waals surface area (Å²) in [5, 5.41) is 20.0. The first-order valence-corrected chi connectivity index (χ1v) is 5.83. The molecule has 0 fully saturated rings. The van der Waals surface area contributed by atoms with Crippen molar-refractivity contribution < 1.29 is 14.8 Å². The molecule has 1 N–H and O–H groups in total. The van der Waals surface area contributed by atoms with Crippen LogP contribution < -0.4 is 0 Å². The van der Waals surface area contributed by atoms with Gasteiger partial charge in [-0.2, -0.15) is 0 Å². The van der Waals surface area contributed by atoms with Crippen molar-refractivity contribution >= 4 is 23.8 Å². The van der Waals surface area contributed by atoms with Gasteiger partial charge < -0.3 is 5.11 Å². The highest BCUT2D eigenvalue weighted by Crippen LogP contribution is 2.24. The maximum absolute atomic E-state index is 11.2. The number of rotatable bonds is 4. The van der Waals surface area contributed by atoms with Gasteiger partial charge in [-0.1, -0.05) is 54.6 Å². The molecule has 0 atom stereocenters. The van der Waals surface area contributed by atoms with Crippen molar-refractivity contribution in [2.24, 2.45) is 0 Å². The first-order valence-electron chi connectivity index (χ1n) is 5.83. The quantitative estimate of drug-likeness (QED) is 0.523. The van der Waals surface area contributed by atoms with E-state index in [4.69, 9.17) is 5.11 Å². The number of carboxylic acid groups (broad SMARTS) is 1. The standard InChI is InChI=1S/C15H11NO4/c17-15(18)14-12(7-4-8-13(14)16(19)20)10-9-11-5-2-1-3-6-11/h1-10H,(H,17,18)/b10-9+. The molecular formula is C15H11NO4. The van der Waals surface area contributed by atoms with Crippen molar-refractivity contribution in [2.45, 2.75) is 0 Å². The number of hydrogen-bond donors (Lipinski definition) is 1. The van der Waals surface area contributed by atoms with E-state index in [0.717, 1.165) is 5.56 Å². The lowest BCUT2D eigenvalue weighted by molar-refractivity contribution is -0.385. The van der Waals surface area contributed by atoms with Crippen molar-refractivity contribution in [2.75, 3.05) is 0 Å². The fourth-order valence-electron chi connectivity index (χ4n) is 1.83. The average molecular weight is 269 g/mol. The number of carbonyl (C=O) groups is 1. The molecule has 0 aliphatic heterocycles. The summed E-state index contributed by atoms with van der Waals surface area (Å²) in [5.74, 6) is -1.31. The number of nitro groups is 1. The summed E-state index contributed by atoms with van der Waals surface area (Å²) in [6.45, 7) is 0. The predicted molar refractivity (Wildman–Crippen MR) is 75.4 cm³/mol. The maximum Gasteiger partial charge on any atom is 0.343 e. The minimum atomic E-state index is -1.31. The van der Waals surface area contributed by atoms with Crippen molar-refractivity contribution in [3.05, 3.63) is 75.3 Å². The molecule has 0 saturated carbocycles. The van der Waals surface area contributed by atoms with E-state index in [1.807, 2.05) is 30.3 Å². The summed E-state index contributed by atoms with van der Waals surface area (Å²) in [7, 11) is 0. The van der Waals surface area contributed by atoms with E-state index in [0.29, 0.717) is 5.56 Å². The molecule has 2 rings (SSSR count). The second-order valence-electron chi connectivity index (χ2n) is 4.05. The smallest absolute Gasteiger partial charge is 0.343 e. The van der Waals surface area contributed by atoms with E-state index in [1.54, 1.807) is 12.2 Å². The fraction of sp³-hybridized carbons (Fsp3) is 0. The summed E-state index contributed by atoms with van der Waals surface area (Å²) < 4.78 is 0. The van der Waals surface area contributed by atoms with Crippen molar-refractivity contribution in [3.63, 3.8) is 0 Å². The molecule has 0 heterocycles. The Morgan fingerprint density at radius 3 is 2.35 bits per heavy atom. The number of benzene rings is 2. The zero-order valence-electron chi connectivity index (χ0n) is 10.4. The second-order valence-corrected chi connectivity index (χ2v) is 4.05. The van der Waals surface area contributed by atoms with Gasteiger partial charge in [-0.15, -0.1) is 0 Å². The number of hydrogen-bond acceptors (Lipinski definition) is 3. The van der Waals surface area contributed by atoms with Gasteiger partial charge in [0.25, 0.3) is 5.69 Å². The third kappa shape index (κ3) is 2.89. The highest BCUT2D eigenvalue weighted by Gasteiger charge is 2.21. The molecule has 0 spiro atoms. The van der Waals surface area contributed by atoms with Crippen molar-refractivity contribution in [1.29, 1.82) is 0 Å². The van der Waals surface area contributed by atoms with E-state index in [-0.39, 0.29) is 5.56 Å². The van der Waals surface area contributed by atoms with Gasteiger partial charge in [-0.3, -0.25) is 10.1 Å². The molecule has 0 aliphatic carbocycles. The summed E-state index contributed by atoms with van der Waals surface area (Å²) in [6.07, 6.45) is 3.28. The molecule has 0 bridgehead atoms. The summed E-state index contributed by atoms with van der Waals surface area (Å²) in [6, 6.07) is 13.5. The number of carboxylic acids is 1. The molecule has 100 valence electrons. The Bertz CT molecular complexity index is 678. The Labute approximate surface area is 115 Å². The van der Waals surface area contributed by atoms with Crippen LogP contribution in [0.15, 0.2) is 48.5 Å². The van der Waals surface area contributed by atoms with Crippen LogP contribution in [0.25, 0.3) is 12.2 Å². The predicted octanol–water partition coefficient (Wildman–Crippen LogP) is 3.46. The minimum absolute atomic E-state index is 0.301. The summed E-state index contributed by atoms with van der Waals surface area (Å²) in [4.78, 5) is 21.4. The Morgan fingerprint density at radius 1 is 1.05 bits per heavy atom. The molecular weight excluding hydrogens is 258 g/mol. The van der Waals surface area contributed by atoms with Crippen LogP contribution in [0, 0.1) is 10.1 Å². The van der Waals surface area contributed by atoms with Gasteiger partial charge in [0.05, 0.1) is 4.92 Å². The third-order valence-electron chi connectivity index (χ3n) is 2.74. The lowest BCUT2D eigenvalue weighted by Gasteiger charge is -2.02. The van der Waals surface area contributed by atoms with Crippen LogP contribution in [0.3, 0.4) is 0 Å². The van der Waals surface area contributed by atoms with Crippen LogP contribution in [-0.2, 0) is 0 Å². The molecule has 2 aromatic rings. The van der Waals surface area contributed by atoms with E-state index >= 15 is 0 Å². The first kappa shape index (κ1) is 13.5. The number of nitro benzene ring substituents is 1. The molecule has 0 radical (unpaired) electrons. The fourth-order valence-corrected chi connectivity index (χ4v) is 1.83. The van der Waals surface area contributed by atoms with Crippen LogP contribution in [0.5, 0.6) is 0 Å². The Balaban J connectivity index is 2.47. The molecule has 0 saturated heterocycles. The molecule has 0 aromatic heterocycles. The van der Waals surface area contributed by atoms with Gasteiger partial charge in [0.1, 0.15) is 5.56 Å². The van der Waals surface area contributed by atoms with Crippen LogP contribution in [0.1, 0.15) is 21.5 Å². The molecule has 0 aliphatic rings. The van der Waals surface area contributed by atoms with E-state index < -0.39 is 16.6 Å². The lowest BCUT2D eigenvalue weighted by Crippen LogP contribution is -2.04. The zero-order valence-corrected chi connectivity index (χ0v) is 10.4. The van der Waals surface area contributed by atoms with Crippen molar-refractivity contribution in [1.82, 2.24) is 0 Å². The van der Waals surface area contributed by atoms with Crippen LogP contribution in [0.2, 0.25) is 0 Å². The minimum Gasteiger partial charge on any atom is -0.477 e. The third-order valence-corrected chi connectivity index (χ3v) is 2.74. The highest BCUT2D eigenvalue weighted by molar-refractivity contribution is 5.97. The Hall–Kier alpha value is -2.95. The maximum atomic E-state index is 11.2. The van der Waals surface area contributed by atoms with E-state index in [1.165, 1.54) is 18.2 Å². The normalized spacial score (nSPS) is 10.6. The summed E-state index contributed by atoms with van der Waals surface area (Å²) >= 11 is 0. The largest absolute Gasteiger partial charge is 0.477 e. The second kappa shape index (κ2) is 5.79. The Kier molecular flexibility index (Phi) is 3.91. The Morgan fingerprint density at radius 2 is 1.75 bits per heavy atom. The first-order chi connectivity index (χ1) is 9.59. The molecule has 5 nitrogen and oxygen atoms in total. The molecule has 2 aromatic carbocycles. The van der Waals surface area contributed by atoms with Crippen molar-refractivity contribution in [3.8, 4) is 0 Å². The number of nitrogens with zero attached hydrogens (tertiary/aromatic N) is 1. The SMILES string of the molecule is O=C(O)c1c(/C=C/c2ccccc2)cccc1[N+](=O)[O-]. The van der Waals surface area contributed by atoms with E-state index in [9.17, 15) is 14.9 Å². The van der Waals surface area contributed by atoms with Crippen LogP contribution in [-0.4, -0.2) is 16.0 Å². The van der Waals surface area contributed by atoms with Crippen LogP contribution >= 0.6 is 0 Å². The summed E-state index contributed by atoms with van der Waals surface area (Å²) in [5.41, 5.74) is 0.475. The van der Waals surface area contributed by atoms with Gasteiger partial charge in [-0.25, -0.2) is 4.79 Å². The highest BCUT2D eigenvalue weighted by atomic mass is 16.6. The lowest BCUT2D eigenvalue weighted by atomic mass is 10.0. The van der Waals surface area contributed by atoms with Gasteiger partial charge >= 0.3 is 5.97 Å². The molecule has 20 heavy (non-hydrogen) atoms. The van der Waals surface area contributed by atoms with Gasteiger partial charge in [0.15, 0.2) is 0 Å². The number of aromatic carboxylic acids is 1. The topological polar surface area (TPSA) is 80.4 Å². The molecule has 0 unspecified atom stereocenters.